The molecule has 17 nitrogen and oxygen atoms in total. The maximum atomic E-state index is 13.5. The Labute approximate surface area is 349 Å². The van der Waals surface area contributed by atoms with Crippen molar-refractivity contribution in [1.82, 2.24) is 29.0 Å². The van der Waals surface area contributed by atoms with E-state index in [1.54, 1.807) is 16.3 Å². The molecule has 2 aromatic carbocycles. The molecule has 4 amide bonds. The van der Waals surface area contributed by atoms with Gasteiger partial charge in [0.2, 0.25) is 11.8 Å². The molecule has 318 valence electrons. The highest BCUT2D eigenvalue weighted by Crippen LogP contribution is 2.43. The predicted octanol–water partition coefficient (Wildman–Crippen LogP) is 5.82. The summed E-state index contributed by atoms with van der Waals surface area (Å²) in [4.78, 5) is 38.5. The van der Waals surface area contributed by atoms with Crippen LogP contribution < -0.4 is 29.6 Å². The lowest BCUT2D eigenvalue weighted by molar-refractivity contribution is 0.101. The van der Waals surface area contributed by atoms with E-state index >= 15 is 0 Å². The number of anilines is 2. The highest BCUT2D eigenvalue weighted by atomic mass is 32.2. The summed E-state index contributed by atoms with van der Waals surface area (Å²) in [6, 6.07) is 1.11. The van der Waals surface area contributed by atoms with E-state index in [2.05, 4.69) is 40.7 Å². The lowest BCUT2D eigenvalue weighted by atomic mass is 9.90. The van der Waals surface area contributed by atoms with Gasteiger partial charge in [0.15, 0.2) is 25.6 Å². The average molecular weight is 859 g/mol. The van der Waals surface area contributed by atoms with Crippen LogP contribution in [0.25, 0.3) is 0 Å². The summed E-state index contributed by atoms with van der Waals surface area (Å²) in [5.74, 6) is 0.778. The molecule has 0 bridgehead atoms. The summed E-state index contributed by atoms with van der Waals surface area (Å²) < 4.78 is 58.2. The van der Waals surface area contributed by atoms with E-state index in [0.29, 0.717) is 37.1 Å². The number of urea groups is 2. The quantitative estimate of drug-likeness (QED) is 0.141. The summed E-state index contributed by atoms with van der Waals surface area (Å²) in [5, 5.41) is 14.3. The lowest BCUT2D eigenvalue weighted by Crippen LogP contribution is -2.35. The molecule has 60 heavy (non-hydrogen) atoms. The van der Waals surface area contributed by atoms with Gasteiger partial charge in [0.25, 0.3) is 0 Å². The average Bonchev–Trinajstić information content (AvgIpc) is 4.08. The van der Waals surface area contributed by atoms with E-state index in [0.717, 1.165) is 129 Å². The number of aromatic nitrogens is 4. The predicted molar refractivity (Wildman–Crippen MR) is 224 cm³/mol. The minimum Gasteiger partial charge on any atom is -0.477 e. The number of ether oxygens (including phenoxy) is 2. The maximum absolute atomic E-state index is 13.5. The van der Waals surface area contributed by atoms with Crippen LogP contribution in [0.5, 0.6) is 11.8 Å². The third kappa shape index (κ3) is 7.18. The van der Waals surface area contributed by atoms with Crippen molar-refractivity contribution >= 4 is 49.1 Å². The molecule has 4 aromatic rings. The topological polar surface area (TPSA) is 224 Å². The minimum absolute atomic E-state index is 0.0738. The molecule has 4 aliphatic carbocycles. The van der Waals surface area contributed by atoms with Gasteiger partial charge in [-0.1, -0.05) is 6.07 Å². The van der Waals surface area contributed by atoms with E-state index in [9.17, 15) is 22.8 Å². The molecular weight excluding hydrogens is 809 g/mol. The van der Waals surface area contributed by atoms with Gasteiger partial charge in [-0.2, -0.15) is 10.2 Å². The van der Waals surface area contributed by atoms with Gasteiger partial charge in [-0.15, -0.1) is 0 Å². The maximum Gasteiger partial charge on any atom is 0.331 e. The van der Waals surface area contributed by atoms with Gasteiger partial charge in [-0.25, -0.2) is 46.0 Å². The van der Waals surface area contributed by atoms with Crippen LogP contribution in [0.2, 0.25) is 0 Å². The molecule has 2 aliphatic heterocycles. The van der Waals surface area contributed by atoms with E-state index in [1.807, 2.05) is 0 Å². The number of hydrogen-bond donors (Lipinski definition) is 5. The molecule has 10 rings (SSSR count). The first-order valence-electron chi connectivity index (χ1n) is 20.8. The Morgan fingerprint density at radius 2 is 1.13 bits per heavy atom. The van der Waals surface area contributed by atoms with Crippen LogP contribution in [0.1, 0.15) is 100 Å². The Bertz CT molecular complexity index is 2630. The number of amides is 4. The largest absolute Gasteiger partial charge is 0.477 e. The number of benzene rings is 2. The molecule has 0 fully saturated rings. The van der Waals surface area contributed by atoms with Gasteiger partial charge in [-0.05, 0) is 128 Å². The first-order valence-corrected chi connectivity index (χ1v) is 23.9. The number of nitrogens with one attached hydrogen (secondary N) is 5. The zero-order chi connectivity index (χ0) is 41.8. The molecule has 2 unspecified atom stereocenters. The van der Waals surface area contributed by atoms with Crippen molar-refractivity contribution in [2.45, 2.75) is 120 Å². The SMILES string of the molecule is CC(=O)c1c2c(c(NC(=O)NS(=N)(=O)c3cnn4c3OCCC4)c3c1CCC3)CCC2.CN=S(=O)(NC(=O)Nc1c2c(cc3c1CCC3)CCC2)c1cnn2c1OCCC2. The Hall–Kier alpha value is -5.43. The van der Waals surface area contributed by atoms with Gasteiger partial charge >= 0.3 is 12.1 Å². The molecule has 2 atom stereocenters. The minimum atomic E-state index is -3.65. The van der Waals surface area contributed by atoms with Crippen LogP contribution in [0, 0.1) is 4.78 Å². The fraction of sp³-hybridized carbons (Fsp3) is 0.488. The van der Waals surface area contributed by atoms with Crippen LogP contribution in [0.4, 0.5) is 21.0 Å². The van der Waals surface area contributed by atoms with E-state index in [1.165, 1.54) is 41.7 Å². The van der Waals surface area contributed by atoms with E-state index in [-0.39, 0.29) is 16.6 Å². The van der Waals surface area contributed by atoms with Gasteiger partial charge < -0.3 is 20.1 Å². The van der Waals surface area contributed by atoms with Crippen LogP contribution in [-0.2, 0) is 84.3 Å². The van der Waals surface area contributed by atoms with Crippen LogP contribution in [0.15, 0.2) is 32.6 Å². The molecule has 4 heterocycles. The first-order chi connectivity index (χ1) is 29.0. The Morgan fingerprint density at radius 3 is 1.68 bits per heavy atom. The number of carbonyl (C=O) groups is 3. The van der Waals surface area contributed by atoms with Crippen molar-refractivity contribution in [1.29, 1.82) is 4.78 Å². The van der Waals surface area contributed by atoms with Crippen molar-refractivity contribution < 1.29 is 32.3 Å². The highest BCUT2D eigenvalue weighted by Gasteiger charge is 2.33. The summed E-state index contributed by atoms with van der Waals surface area (Å²) in [6.07, 6.45) is 15.8. The number of fused-ring (bicyclic) bond motifs is 6. The van der Waals surface area contributed by atoms with Crippen molar-refractivity contribution in [2.75, 3.05) is 30.9 Å². The third-order valence-corrected chi connectivity index (χ3v) is 15.5. The van der Waals surface area contributed by atoms with Crippen molar-refractivity contribution in [3.63, 3.8) is 0 Å². The Balaban J connectivity index is 0.000000154. The Morgan fingerprint density at radius 1 is 0.667 bits per heavy atom. The second-order valence-corrected chi connectivity index (χ2v) is 19.8. The first kappa shape index (κ1) is 40.0. The number of Topliss-reactive ketones (excluding diaryl/α,β-unsaturated/α-hetero) is 1. The fourth-order valence-electron chi connectivity index (χ4n) is 9.76. The smallest absolute Gasteiger partial charge is 0.331 e. The molecule has 0 saturated carbocycles. The molecule has 19 heteroatoms. The number of nitrogens with zero attached hydrogens (tertiary/aromatic N) is 5. The van der Waals surface area contributed by atoms with Crippen molar-refractivity contribution in [3.05, 3.63) is 68.5 Å². The summed E-state index contributed by atoms with van der Waals surface area (Å²) in [7, 11) is -5.41. The number of aryl methyl sites for hydroxylation is 4. The number of rotatable bonds is 7. The molecular formula is C41H50N10O7S2. The normalized spacial score (nSPS) is 18.6. The molecule has 6 aliphatic rings. The van der Waals surface area contributed by atoms with Crippen LogP contribution in [-0.4, -0.2) is 66.1 Å². The second kappa shape index (κ2) is 15.9. The van der Waals surface area contributed by atoms with Gasteiger partial charge in [0.1, 0.15) is 9.79 Å². The number of hydrogen-bond acceptors (Lipinski definition) is 11. The fourth-order valence-corrected chi connectivity index (χ4v) is 12.1. The molecule has 5 N–H and O–H groups in total. The second-order valence-electron chi connectivity index (χ2n) is 16.0. The summed E-state index contributed by atoms with van der Waals surface area (Å²) >= 11 is 0. The molecule has 0 saturated heterocycles. The van der Waals surface area contributed by atoms with Gasteiger partial charge in [0, 0.05) is 49.9 Å². The van der Waals surface area contributed by atoms with Crippen LogP contribution in [0.3, 0.4) is 0 Å². The molecule has 0 spiro atoms. The van der Waals surface area contributed by atoms with Crippen molar-refractivity contribution in [2.24, 2.45) is 4.36 Å². The number of carbonyl (C=O) groups excluding carboxylic acids is 3. The van der Waals surface area contributed by atoms with Gasteiger partial charge in [0.05, 0.1) is 25.6 Å². The summed E-state index contributed by atoms with van der Waals surface area (Å²) in [5.41, 5.74) is 11.7. The lowest BCUT2D eigenvalue weighted by Gasteiger charge is -2.20. The molecule has 0 radical (unpaired) electrons. The number of ketones is 1. The standard InChI is InChI=1S/C21H25N5O4S.C20H25N5O3S/c1-12(27)18-13-5-2-7-15(13)19(16-8-3-6-14(16)18)24-21(28)25-31(22,29)17-11-23-26-9-4-10-30-20(17)26;1-21-29(27,17-12-22-25-9-4-10-28-19(17)25)24-20(26)23-18-15-7-2-5-13(15)11-14-6-3-8-16(14)18/h11H,2-10H2,1H3,(H3,22,24,25,28,29);11-12H,2-10H2,1H3,(H2,21,23,24,26,27). The highest BCUT2D eigenvalue weighted by molar-refractivity contribution is 7.92. The third-order valence-electron chi connectivity index (χ3n) is 12.3. The zero-order valence-electron chi connectivity index (χ0n) is 33.9. The van der Waals surface area contributed by atoms with Crippen molar-refractivity contribution in [3.8, 4) is 11.8 Å². The summed E-state index contributed by atoms with van der Waals surface area (Å²) in [6.45, 7) is 3.92. The van der Waals surface area contributed by atoms with Crippen LogP contribution >= 0.6 is 0 Å². The van der Waals surface area contributed by atoms with E-state index in [4.69, 9.17) is 14.3 Å². The molecule has 2 aromatic heterocycles. The van der Waals surface area contributed by atoms with Gasteiger partial charge in [-0.3, -0.25) is 4.79 Å². The Kier molecular flexibility index (Phi) is 10.6. The monoisotopic (exact) mass is 858 g/mol. The van der Waals surface area contributed by atoms with E-state index < -0.39 is 31.9 Å². The zero-order valence-corrected chi connectivity index (χ0v) is 35.5.